The molecule has 0 aromatic carbocycles. The van der Waals surface area contributed by atoms with Gasteiger partial charge in [-0.25, -0.2) is 0 Å². The van der Waals surface area contributed by atoms with Crippen molar-refractivity contribution in [2.45, 2.75) is 6.92 Å². The molecule has 1 amide bonds. The predicted octanol–water partition coefficient (Wildman–Crippen LogP) is 0.240. The summed E-state index contributed by atoms with van der Waals surface area (Å²) in [5, 5.41) is 3.09. The molecule has 3 nitrogen and oxygen atoms in total. The van der Waals surface area contributed by atoms with Crippen molar-refractivity contribution in [1.82, 2.24) is 10.2 Å². The maximum Gasteiger partial charge on any atom is 0.228 e. The predicted molar refractivity (Wildman–Crippen MR) is 48.8 cm³/mol. The van der Waals surface area contributed by atoms with E-state index in [1.807, 2.05) is 11.8 Å². The highest BCUT2D eigenvalue weighted by Gasteiger charge is 2.27. The van der Waals surface area contributed by atoms with E-state index < -0.39 is 0 Å². The molecule has 1 N–H and O–H groups in total. The molecule has 0 spiro atoms. The Hall–Kier alpha value is -0.830. The summed E-state index contributed by atoms with van der Waals surface area (Å²) in [4.78, 5) is 13.4. The van der Waals surface area contributed by atoms with Crippen molar-refractivity contribution < 1.29 is 4.79 Å². The molecule has 0 aromatic heterocycles. The normalized spacial score (nSPS) is 16.8. The molecule has 1 rings (SSSR count). The fourth-order valence-electron chi connectivity index (χ4n) is 1.25. The summed E-state index contributed by atoms with van der Waals surface area (Å²) in [6.45, 7) is 8.75. The number of hydrogen-bond donors (Lipinski definition) is 1. The second-order valence-corrected chi connectivity index (χ2v) is 3.02. The molecule has 1 aliphatic heterocycles. The third kappa shape index (κ3) is 1.85. The zero-order valence-corrected chi connectivity index (χ0v) is 7.55. The summed E-state index contributed by atoms with van der Waals surface area (Å²) >= 11 is 0. The number of amides is 1. The Morgan fingerprint density at radius 2 is 2.42 bits per heavy atom. The molecule has 0 aromatic rings. The molecule has 0 saturated carbocycles. The first-order chi connectivity index (χ1) is 5.79. The molecule has 1 saturated heterocycles. The minimum atomic E-state index is 0.213. The van der Waals surface area contributed by atoms with Crippen LogP contribution in [0.4, 0.5) is 0 Å². The first kappa shape index (κ1) is 9.26. The molecule has 0 unspecified atom stereocenters. The number of hydrogen-bond acceptors (Lipinski definition) is 2. The van der Waals surface area contributed by atoms with Crippen LogP contribution in [0.1, 0.15) is 6.92 Å². The molecule has 1 heterocycles. The molecule has 0 bridgehead atoms. The summed E-state index contributed by atoms with van der Waals surface area (Å²) in [6, 6.07) is 0. The van der Waals surface area contributed by atoms with Gasteiger partial charge < -0.3 is 10.2 Å². The van der Waals surface area contributed by atoms with Crippen molar-refractivity contribution in [1.29, 1.82) is 0 Å². The van der Waals surface area contributed by atoms with Crippen LogP contribution in [-0.2, 0) is 4.79 Å². The van der Waals surface area contributed by atoms with E-state index in [1.54, 1.807) is 6.08 Å². The van der Waals surface area contributed by atoms with Crippen LogP contribution < -0.4 is 5.32 Å². The van der Waals surface area contributed by atoms with Gasteiger partial charge in [-0.05, 0) is 6.92 Å². The summed E-state index contributed by atoms with van der Waals surface area (Å²) in [7, 11) is 0. The Bertz CT molecular complexity index is 175. The van der Waals surface area contributed by atoms with Gasteiger partial charge in [0.25, 0.3) is 0 Å². The third-order valence-corrected chi connectivity index (χ3v) is 2.17. The van der Waals surface area contributed by atoms with Crippen molar-refractivity contribution in [3.8, 4) is 0 Å². The van der Waals surface area contributed by atoms with E-state index in [2.05, 4.69) is 11.9 Å². The van der Waals surface area contributed by atoms with Crippen LogP contribution in [0.5, 0.6) is 0 Å². The quantitative estimate of drug-likeness (QED) is 0.610. The van der Waals surface area contributed by atoms with Gasteiger partial charge in [-0.2, -0.15) is 0 Å². The Balaban J connectivity index is 2.40. The summed E-state index contributed by atoms with van der Waals surface area (Å²) in [5.41, 5.74) is 0. The number of nitrogens with one attached hydrogen (secondary N) is 1. The molecule has 0 atom stereocenters. The van der Waals surface area contributed by atoms with E-state index in [1.165, 1.54) is 0 Å². The Morgan fingerprint density at radius 1 is 1.75 bits per heavy atom. The van der Waals surface area contributed by atoms with Gasteiger partial charge in [0.15, 0.2) is 0 Å². The smallest absolute Gasteiger partial charge is 0.228 e. The van der Waals surface area contributed by atoms with E-state index in [0.29, 0.717) is 6.54 Å². The molecular formula is C9H16N2O. The zero-order valence-electron chi connectivity index (χ0n) is 7.55. The minimum absolute atomic E-state index is 0.213. The highest BCUT2D eigenvalue weighted by molar-refractivity contribution is 5.80. The average Bonchev–Trinajstić information content (AvgIpc) is 1.96. The molecular weight excluding hydrogens is 152 g/mol. The van der Waals surface area contributed by atoms with Gasteiger partial charge in [-0.1, -0.05) is 6.08 Å². The molecule has 3 heteroatoms. The van der Waals surface area contributed by atoms with E-state index in [-0.39, 0.29) is 11.8 Å². The third-order valence-electron chi connectivity index (χ3n) is 2.17. The standard InChI is InChI=1S/C9H16N2O/c1-3-5-11(4-2)9(12)8-6-10-7-8/h3,8,10H,1,4-7H2,2H3. The fourth-order valence-corrected chi connectivity index (χ4v) is 1.25. The lowest BCUT2D eigenvalue weighted by atomic mass is 10.0. The van der Waals surface area contributed by atoms with Crippen molar-refractivity contribution in [2.75, 3.05) is 26.2 Å². The van der Waals surface area contributed by atoms with Crippen LogP contribution in [0.2, 0.25) is 0 Å². The van der Waals surface area contributed by atoms with Crippen LogP contribution in [0.3, 0.4) is 0 Å². The lowest BCUT2D eigenvalue weighted by Crippen LogP contribution is -2.52. The van der Waals surface area contributed by atoms with Crippen LogP contribution in [0.25, 0.3) is 0 Å². The first-order valence-electron chi connectivity index (χ1n) is 4.40. The Labute approximate surface area is 73.4 Å². The first-order valence-corrected chi connectivity index (χ1v) is 4.40. The van der Waals surface area contributed by atoms with E-state index in [4.69, 9.17) is 0 Å². The molecule has 1 fully saturated rings. The van der Waals surface area contributed by atoms with Crippen molar-refractivity contribution in [2.24, 2.45) is 5.92 Å². The number of likely N-dealkylation sites (N-methyl/N-ethyl adjacent to an activating group) is 1. The minimum Gasteiger partial charge on any atom is -0.339 e. The lowest BCUT2D eigenvalue weighted by Gasteiger charge is -2.31. The highest BCUT2D eigenvalue weighted by Crippen LogP contribution is 2.07. The average molecular weight is 168 g/mol. The van der Waals surface area contributed by atoms with E-state index in [0.717, 1.165) is 19.6 Å². The topological polar surface area (TPSA) is 32.3 Å². The van der Waals surface area contributed by atoms with Crippen LogP contribution >= 0.6 is 0 Å². The fraction of sp³-hybridized carbons (Fsp3) is 0.667. The number of nitrogens with zero attached hydrogens (tertiary/aromatic N) is 1. The number of rotatable bonds is 4. The molecule has 1 aliphatic rings. The molecule has 0 radical (unpaired) electrons. The summed E-state index contributed by atoms with van der Waals surface area (Å²) < 4.78 is 0. The second kappa shape index (κ2) is 4.26. The largest absolute Gasteiger partial charge is 0.339 e. The van der Waals surface area contributed by atoms with Gasteiger partial charge in [0.1, 0.15) is 0 Å². The van der Waals surface area contributed by atoms with Crippen LogP contribution in [-0.4, -0.2) is 37.0 Å². The van der Waals surface area contributed by atoms with E-state index in [9.17, 15) is 4.79 Å². The maximum atomic E-state index is 11.6. The Kier molecular flexibility index (Phi) is 3.29. The second-order valence-electron chi connectivity index (χ2n) is 3.02. The number of carbonyl (C=O) groups excluding carboxylic acids is 1. The van der Waals surface area contributed by atoms with Gasteiger partial charge in [0.05, 0.1) is 5.92 Å². The Morgan fingerprint density at radius 3 is 2.75 bits per heavy atom. The van der Waals surface area contributed by atoms with Gasteiger partial charge in [0.2, 0.25) is 5.91 Å². The lowest BCUT2D eigenvalue weighted by molar-refractivity contribution is -0.136. The SMILES string of the molecule is C=CCN(CC)C(=O)C1CNC1. The van der Waals surface area contributed by atoms with Gasteiger partial charge in [-0.15, -0.1) is 6.58 Å². The van der Waals surface area contributed by atoms with Crippen molar-refractivity contribution in [3.63, 3.8) is 0 Å². The van der Waals surface area contributed by atoms with Gasteiger partial charge >= 0.3 is 0 Å². The number of carbonyl (C=O) groups is 1. The van der Waals surface area contributed by atoms with Crippen molar-refractivity contribution >= 4 is 5.91 Å². The maximum absolute atomic E-state index is 11.6. The van der Waals surface area contributed by atoms with Crippen molar-refractivity contribution in [3.05, 3.63) is 12.7 Å². The van der Waals surface area contributed by atoms with Crippen LogP contribution in [0, 0.1) is 5.92 Å². The molecule has 0 aliphatic carbocycles. The molecule has 68 valence electrons. The summed E-state index contributed by atoms with van der Waals surface area (Å²) in [5.74, 6) is 0.473. The van der Waals surface area contributed by atoms with Gasteiger partial charge in [-0.3, -0.25) is 4.79 Å². The molecule has 12 heavy (non-hydrogen) atoms. The zero-order chi connectivity index (χ0) is 8.97. The van der Waals surface area contributed by atoms with Gasteiger partial charge in [0, 0.05) is 26.2 Å². The monoisotopic (exact) mass is 168 g/mol. The van der Waals surface area contributed by atoms with Crippen LogP contribution in [0.15, 0.2) is 12.7 Å². The highest BCUT2D eigenvalue weighted by atomic mass is 16.2. The van der Waals surface area contributed by atoms with E-state index >= 15 is 0 Å². The summed E-state index contributed by atoms with van der Waals surface area (Å²) in [6.07, 6.45) is 1.77.